The summed E-state index contributed by atoms with van der Waals surface area (Å²) in [5.74, 6) is 0.909. The number of nitrogens with zero attached hydrogens (tertiary/aromatic N) is 2. The van der Waals surface area contributed by atoms with Gasteiger partial charge in [-0.1, -0.05) is 18.2 Å². The molecular formula is C17H24N4O2. The van der Waals surface area contributed by atoms with Crippen LogP contribution < -0.4 is 11.1 Å². The monoisotopic (exact) mass is 316 g/mol. The van der Waals surface area contributed by atoms with Crippen LogP contribution in [0.1, 0.15) is 30.7 Å². The highest BCUT2D eigenvalue weighted by Crippen LogP contribution is 2.23. The minimum atomic E-state index is -0.0492. The number of anilines is 2. The van der Waals surface area contributed by atoms with Crippen LogP contribution in [0.2, 0.25) is 0 Å². The first-order valence-electron chi connectivity index (χ1n) is 7.78. The third-order valence-corrected chi connectivity index (χ3v) is 3.46. The normalized spacial score (nSPS) is 14.3. The number of nitrogen functional groups attached to an aromatic ring is 1. The highest BCUT2D eigenvalue weighted by molar-refractivity contribution is 5.64. The first-order chi connectivity index (χ1) is 11.2. The molecule has 0 fully saturated rings. The van der Waals surface area contributed by atoms with E-state index in [0.29, 0.717) is 24.7 Å². The molecule has 0 aliphatic heterocycles. The van der Waals surface area contributed by atoms with Gasteiger partial charge in [0.1, 0.15) is 0 Å². The van der Waals surface area contributed by atoms with Crippen LogP contribution in [0, 0.1) is 0 Å². The standard InChI is InChI=1S/C17H24N4O2/c1-23-12-6-2-3-7-13(10-11-22)19-17-16(18)20-14-8-4-5-9-15(14)21-17/h2-3,5,9-10,22H,4,6-8,11-12H2,1H3,(H2,18,20)(H,19,21)/b3-2-,13-10+. The number of methoxy groups -OCH3 is 1. The van der Waals surface area contributed by atoms with Crippen molar-refractivity contribution >= 4 is 17.7 Å². The first-order valence-corrected chi connectivity index (χ1v) is 7.78. The number of rotatable bonds is 8. The third kappa shape index (κ3) is 5.19. The number of hydrogen-bond donors (Lipinski definition) is 3. The van der Waals surface area contributed by atoms with Crippen LogP contribution in [0.25, 0.3) is 6.08 Å². The zero-order valence-electron chi connectivity index (χ0n) is 13.5. The number of allylic oxidation sites excluding steroid dienone is 2. The highest BCUT2D eigenvalue weighted by Gasteiger charge is 2.12. The smallest absolute Gasteiger partial charge is 0.173 e. The molecule has 0 saturated carbocycles. The van der Waals surface area contributed by atoms with Crippen molar-refractivity contribution in [3.63, 3.8) is 0 Å². The fourth-order valence-electron chi connectivity index (χ4n) is 2.28. The molecule has 0 spiro atoms. The van der Waals surface area contributed by atoms with Gasteiger partial charge in [-0.15, -0.1) is 0 Å². The minimum Gasteiger partial charge on any atom is -0.392 e. The van der Waals surface area contributed by atoms with E-state index in [-0.39, 0.29) is 6.61 Å². The Morgan fingerprint density at radius 1 is 1.43 bits per heavy atom. The van der Waals surface area contributed by atoms with Crippen LogP contribution in [-0.2, 0) is 11.2 Å². The second-order valence-corrected chi connectivity index (χ2v) is 5.22. The number of nitrogens with two attached hydrogens (primary N) is 1. The van der Waals surface area contributed by atoms with Gasteiger partial charge >= 0.3 is 0 Å². The molecule has 6 heteroatoms. The Morgan fingerprint density at radius 3 is 3.09 bits per heavy atom. The fourth-order valence-corrected chi connectivity index (χ4v) is 2.28. The van der Waals surface area contributed by atoms with Crippen molar-refractivity contribution in [2.24, 2.45) is 0 Å². The number of aromatic nitrogens is 2. The molecule has 6 nitrogen and oxygen atoms in total. The molecule has 2 rings (SSSR count). The maximum atomic E-state index is 9.18. The van der Waals surface area contributed by atoms with Crippen molar-refractivity contribution in [3.8, 4) is 0 Å². The Kier molecular flexibility index (Phi) is 6.77. The summed E-state index contributed by atoms with van der Waals surface area (Å²) in [6.45, 7) is 0.644. The van der Waals surface area contributed by atoms with E-state index in [0.717, 1.165) is 36.3 Å². The fraction of sp³-hybridized carbons (Fsp3) is 0.412. The number of aliphatic hydroxyl groups excluding tert-OH is 1. The van der Waals surface area contributed by atoms with Gasteiger partial charge in [-0.25, -0.2) is 9.97 Å². The Bertz CT molecular complexity index is 609. The van der Waals surface area contributed by atoms with Crippen molar-refractivity contribution in [3.05, 3.63) is 41.4 Å². The molecule has 1 aliphatic rings. The van der Waals surface area contributed by atoms with E-state index >= 15 is 0 Å². The number of ether oxygens (including phenoxy) is 1. The van der Waals surface area contributed by atoms with E-state index < -0.39 is 0 Å². The van der Waals surface area contributed by atoms with Crippen molar-refractivity contribution in [2.45, 2.75) is 25.7 Å². The van der Waals surface area contributed by atoms with Crippen LogP contribution in [0.5, 0.6) is 0 Å². The molecule has 1 aromatic heterocycles. The Balaban J connectivity index is 2.07. The molecule has 0 amide bonds. The lowest BCUT2D eigenvalue weighted by Crippen LogP contribution is -2.11. The van der Waals surface area contributed by atoms with Gasteiger partial charge in [0.25, 0.3) is 0 Å². The van der Waals surface area contributed by atoms with Crippen molar-refractivity contribution in [1.29, 1.82) is 0 Å². The average molecular weight is 316 g/mol. The zero-order chi connectivity index (χ0) is 16.5. The molecule has 23 heavy (non-hydrogen) atoms. The van der Waals surface area contributed by atoms with Crippen molar-refractivity contribution < 1.29 is 9.84 Å². The molecule has 1 aromatic rings. The van der Waals surface area contributed by atoms with Crippen molar-refractivity contribution in [1.82, 2.24) is 9.97 Å². The van der Waals surface area contributed by atoms with E-state index in [9.17, 15) is 5.11 Å². The van der Waals surface area contributed by atoms with Crippen molar-refractivity contribution in [2.75, 3.05) is 31.4 Å². The molecule has 0 unspecified atom stereocenters. The van der Waals surface area contributed by atoms with E-state index in [2.05, 4.69) is 21.4 Å². The lowest BCUT2D eigenvalue weighted by molar-refractivity contribution is 0.204. The van der Waals surface area contributed by atoms with Gasteiger partial charge in [-0.3, -0.25) is 0 Å². The summed E-state index contributed by atoms with van der Waals surface area (Å²) in [7, 11) is 1.68. The van der Waals surface area contributed by atoms with Gasteiger partial charge in [0.2, 0.25) is 0 Å². The van der Waals surface area contributed by atoms with Crippen LogP contribution >= 0.6 is 0 Å². The quantitative estimate of drug-likeness (QED) is 0.503. The molecule has 0 bridgehead atoms. The average Bonchev–Trinajstić information content (AvgIpc) is 2.55. The molecule has 0 radical (unpaired) electrons. The number of aryl methyl sites for hydroxylation is 1. The first kappa shape index (κ1) is 17.2. The number of nitrogens with one attached hydrogen (secondary N) is 1. The third-order valence-electron chi connectivity index (χ3n) is 3.46. The van der Waals surface area contributed by atoms with Gasteiger partial charge in [-0.05, 0) is 31.4 Å². The molecule has 124 valence electrons. The Hall–Kier alpha value is -2.18. The van der Waals surface area contributed by atoms with E-state index in [1.165, 1.54) is 0 Å². The summed E-state index contributed by atoms with van der Waals surface area (Å²) in [4.78, 5) is 8.97. The molecule has 1 aliphatic carbocycles. The second kappa shape index (κ2) is 9.07. The topological polar surface area (TPSA) is 93.3 Å². The predicted octanol–water partition coefficient (Wildman–Crippen LogP) is 2.29. The maximum absolute atomic E-state index is 9.18. The summed E-state index contributed by atoms with van der Waals surface area (Å²) >= 11 is 0. The summed E-state index contributed by atoms with van der Waals surface area (Å²) in [6.07, 6.45) is 13.2. The van der Waals surface area contributed by atoms with Gasteiger partial charge in [0, 0.05) is 25.8 Å². The molecule has 0 saturated heterocycles. The van der Waals surface area contributed by atoms with E-state index in [1.54, 1.807) is 13.2 Å². The lowest BCUT2D eigenvalue weighted by atomic mass is 10.1. The number of fused-ring (bicyclic) bond motifs is 1. The molecular weight excluding hydrogens is 292 g/mol. The number of hydrogen-bond acceptors (Lipinski definition) is 6. The minimum absolute atomic E-state index is 0.0492. The van der Waals surface area contributed by atoms with E-state index in [1.807, 2.05) is 18.2 Å². The summed E-state index contributed by atoms with van der Waals surface area (Å²) in [5, 5.41) is 12.4. The van der Waals surface area contributed by atoms with Crippen LogP contribution in [-0.4, -0.2) is 35.4 Å². The SMILES string of the molecule is COCC/C=C\C/C(=C\CO)Nc1nc2c(nc1N)CCC=C2. The summed E-state index contributed by atoms with van der Waals surface area (Å²) in [6, 6.07) is 0. The largest absolute Gasteiger partial charge is 0.392 e. The Morgan fingerprint density at radius 2 is 2.30 bits per heavy atom. The lowest BCUT2D eigenvalue weighted by Gasteiger charge is -2.15. The molecule has 0 atom stereocenters. The molecule has 4 N–H and O–H groups in total. The van der Waals surface area contributed by atoms with Gasteiger partial charge in [-0.2, -0.15) is 0 Å². The predicted molar refractivity (Wildman–Crippen MR) is 92.8 cm³/mol. The van der Waals surface area contributed by atoms with Gasteiger partial charge in [0.15, 0.2) is 11.6 Å². The number of aliphatic hydroxyl groups is 1. The Labute approximate surface area is 136 Å². The van der Waals surface area contributed by atoms with Crippen LogP contribution in [0.15, 0.2) is 30.0 Å². The van der Waals surface area contributed by atoms with Gasteiger partial charge in [0.05, 0.1) is 18.0 Å². The highest BCUT2D eigenvalue weighted by atomic mass is 16.5. The molecule has 1 heterocycles. The maximum Gasteiger partial charge on any atom is 0.173 e. The van der Waals surface area contributed by atoms with Crippen LogP contribution in [0.3, 0.4) is 0 Å². The summed E-state index contributed by atoms with van der Waals surface area (Å²) in [5.41, 5.74) is 8.62. The van der Waals surface area contributed by atoms with E-state index in [4.69, 9.17) is 10.5 Å². The molecule has 0 aromatic carbocycles. The second-order valence-electron chi connectivity index (χ2n) is 5.22. The van der Waals surface area contributed by atoms with Gasteiger partial charge < -0.3 is 20.9 Å². The van der Waals surface area contributed by atoms with Crippen LogP contribution in [0.4, 0.5) is 11.6 Å². The summed E-state index contributed by atoms with van der Waals surface area (Å²) < 4.78 is 5.00. The zero-order valence-corrected chi connectivity index (χ0v) is 13.5.